The normalized spacial score (nSPS) is 13.4. The van der Waals surface area contributed by atoms with Gasteiger partial charge < -0.3 is 10.4 Å². The summed E-state index contributed by atoms with van der Waals surface area (Å²) in [6, 6.07) is 1.68. The molecule has 2 N–H and O–H groups in total. The summed E-state index contributed by atoms with van der Waals surface area (Å²) in [7, 11) is 0. The number of hydrogen-bond acceptors (Lipinski definition) is 3. The minimum absolute atomic E-state index is 0.0238. The molecule has 1 fully saturated rings. The molecule has 1 amide bonds. The molecule has 4 nitrogen and oxygen atoms in total. The molecule has 1 aromatic rings. The van der Waals surface area contributed by atoms with Crippen molar-refractivity contribution in [2.45, 2.75) is 32.1 Å². The summed E-state index contributed by atoms with van der Waals surface area (Å²) < 4.78 is 0. The number of rotatable bonds is 6. The number of carbonyl (C=O) groups excluding carboxylic acids is 1. The van der Waals surface area contributed by atoms with Crippen LogP contribution in [0.15, 0.2) is 18.5 Å². The third-order valence-electron chi connectivity index (χ3n) is 3.30. The summed E-state index contributed by atoms with van der Waals surface area (Å²) in [5.74, 6) is 6.49. The Labute approximate surface area is 119 Å². The van der Waals surface area contributed by atoms with Gasteiger partial charge >= 0.3 is 0 Å². The summed E-state index contributed by atoms with van der Waals surface area (Å²) >= 11 is 0. The van der Waals surface area contributed by atoms with Gasteiger partial charge in [0.15, 0.2) is 0 Å². The van der Waals surface area contributed by atoms with E-state index in [1.807, 2.05) is 0 Å². The van der Waals surface area contributed by atoms with Gasteiger partial charge in [-0.2, -0.15) is 0 Å². The molecule has 0 atom stereocenters. The quantitative estimate of drug-likeness (QED) is 0.612. The van der Waals surface area contributed by atoms with Crippen molar-refractivity contribution in [3.8, 4) is 11.8 Å². The van der Waals surface area contributed by atoms with E-state index in [0.717, 1.165) is 12.3 Å². The van der Waals surface area contributed by atoms with Gasteiger partial charge in [0.1, 0.15) is 0 Å². The second kappa shape index (κ2) is 7.66. The largest absolute Gasteiger partial charge is 0.395 e. The van der Waals surface area contributed by atoms with Gasteiger partial charge in [0, 0.05) is 25.4 Å². The van der Waals surface area contributed by atoms with Crippen molar-refractivity contribution in [2.24, 2.45) is 5.92 Å². The molecule has 20 heavy (non-hydrogen) atoms. The van der Waals surface area contributed by atoms with Crippen molar-refractivity contribution >= 4 is 5.91 Å². The van der Waals surface area contributed by atoms with Crippen molar-refractivity contribution in [3.05, 3.63) is 29.6 Å². The van der Waals surface area contributed by atoms with E-state index in [2.05, 4.69) is 22.1 Å². The molecule has 4 heteroatoms. The van der Waals surface area contributed by atoms with E-state index in [-0.39, 0.29) is 12.5 Å². The predicted molar refractivity (Wildman–Crippen MR) is 77.1 cm³/mol. The molecule has 0 spiro atoms. The molecule has 0 saturated heterocycles. The molecule has 1 heterocycles. The van der Waals surface area contributed by atoms with E-state index in [4.69, 9.17) is 5.11 Å². The molecule has 1 aliphatic carbocycles. The molecule has 0 unspecified atom stereocenters. The number of hydrogen-bond donors (Lipinski definition) is 2. The molecular weight excluding hydrogens is 252 g/mol. The molecule has 2 rings (SSSR count). The second-order valence-corrected chi connectivity index (χ2v) is 5.04. The Bertz CT molecular complexity index is 513. The van der Waals surface area contributed by atoms with Gasteiger partial charge in [0.2, 0.25) is 0 Å². The highest BCUT2D eigenvalue weighted by molar-refractivity contribution is 5.96. The Hall–Kier alpha value is -1.86. The van der Waals surface area contributed by atoms with Crippen LogP contribution >= 0.6 is 0 Å². The fraction of sp³-hybridized carbons (Fsp3) is 0.500. The third-order valence-corrected chi connectivity index (χ3v) is 3.30. The molecule has 106 valence electrons. The SMILES string of the molecule is O=C(NCCCC1CC1)c1ccncc1C#CCCO. The van der Waals surface area contributed by atoms with Crippen LogP contribution in [0.25, 0.3) is 0 Å². The van der Waals surface area contributed by atoms with Gasteiger partial charge in [0.05, 0.1) is 17.7 Å². The number of aliphatic hydroxyl groups is 1. The Kier molecular flexibility index (Phi) is 5.57. The summed E-state index contributed by atoms with van der Waals surface area (Å²) in [5.41, 5.74) is 1.16. The van der Waals surface area contributed by atoms with Crippen molar-refractivity contribution < 1.29 is 9.90 Å². The van der Waals surface area contributed by atoms with Crippen molar-refractivity contribution in [1.29, 1.82) is 0 Å². The highest BCUT2D eigenvalue weighted by Crippen LogP contribution is 2.33. The lowest BCUT2D eigenvalue weighted by Crippen LogP contribution is -2.25. The first-order valence-electron chi connectivity index (χ1n) is 7.13. The fourth-order valence-electron chi connectivity index (χ4n) is 2.00. The van der Waals surface area contributed by atoms with Gasteiger partial charge in [-0.15, -0.1) is 0 Å². The maximum absolute atomic E-state index is 12.1. The van der Waals surface area contributed by atoms with E-state index < -0.39 is 0 Å². The lowest BCUT2D eigenvalue weighted by molar-refractivity contribution is 0.0952. The third kappa shape index (κ3) is 4.67. The van der Waals surface area contributed by atoms with Gasteiger partial charge in [0.25, 0.3) is 5.91 Å². The van der Waals surface area contributed by atoms with E-state index in [1.165, 1.54) is 19.3 Å². The van der Waals surface area contributed by atoms with Crippen LogP contribution in [0.1, 0.15) is 48.0 Å². The number of aromatic nitrogens is 1. The topological polar surface area (TPSA) is 62.2 Å². The number of nitrogens with one attached hydrogen (secondary N) is 1. The average Bonchev–Trinajstić information content (AvgIpc) is 3.28. The first-order chi connectivity index (χ1) is 9.81. The highest BCUT2D eigenvalue weighted by Gasteiger charge is 2.20. The number of amides is 1. The zero-order valence-corrected chi connectivity index (χ0v) is 11.6. The molecule has 1 aromatic heterocycles. The zero-order chi connectivity index (χ0) is 14.2. The highest BCUT2D eigenvalue weighted by atomic mass is 16.2. The molecule has 0 aromatic carbocycles. The van der Waals surface area contributed by atoms with E-state index >= 15 is 0 Å². The molecule has 0 aliphatic heterocycles. The van der Waals surface area contributed by atoms with E-state index in [9.17, 15) is 4.79 Å². The first kappa shape index (κ1) is 14.5. The van der Waals surface area contributed by atoms with Crippen LogP contribution in [-0.2, 0) is 0 Å². The number of pyridine rings is 1. The van der Waals surface area contributed by atoms with Crippen molar-refractivity contribution in [3.63, 3.8) is 0 Å². The average molecular weight is 272 g/mol. The number of carbonyl (C=O) groups is 1. The molecule has 1 saturated carbocycles. The Balaban J connectivity index is 1.89. The maximum atomic E-state index is 12.1. The van der Waals surface area contributed by atoms with E-state index in [1.54, 1.807) is 18.5 Å². The minimum Gasteiger partial charge on any atom is -0.395 e. The fourth-order valence-corrected chi connectivity index (χ4v) is 2.00. The first-order valence-corrected chi connectivity index (χ1v) is 7.13. The smallest absolute Gasteiger partial charge is 0.252 e. The Morgan fingerprint density at radius 3 is 3.10 bits per heavy atom. The lowest BCUT2D eigenvalue weighted by atomic mass is 10.1. The zero-order valence-electron chi connectivity index (χ0n) is 11.6. The predicted octanol–water partition coefficient (Wildman–Crippen LogP) is 1.74. The van der Waals surface area contributed by atoms with Crippen LogP contribution in [0.2, 0.25) is 0 Å². The summed E-state index contributed by atoms with van der Waals surface area (Å²) in [6.45, 7) is 0.733. The van der Waals surface area contributed by atoms with E-state index in [0.29, 0.717) is 24.1 Å². The Morgan fingerprint density at radius 1 is 1.50 bits per heavy atom. The van der Waals surface area contributed by atoms with Gasteiger partial charge in [-0.3, -0.25) is 9.78 Å². The lowest BCUT2D eigenvalue weighted by Gasteiger charge is -2.06. The number of nitrogens with zero attached hydrogens (tertiary/aromatic N) is 1. The van der Waals surface area contributed by atoms with Crippen LogP contribution in [-0.4, -0.2) is 29.1 Å². The maximum Gasteiger partial charge on any atom is 0.252 e. The van der Waals surface area contributed by atoms with Crippen LogP contribution in [0.4, 0.5) is 0 Å². The van der Waals surface area contributed by atoms with Gasteiger partial charge in [-0.25, -0.2) is 0 Å². The molecule has 1 aliphatic rings. The number of aliphatic hydroxyl groups excluding tert-OH is 1. The van der Waals surface area contributed by atoms with Crippen molar-refractivity contribution in [1.82, 2.24) is 10.3 Å². The van der Waals surface area contributed by atoms with Crippen LogP contribution in [0, 0.1) is 17.8 Å². The second-order valence-electron chi connectivity index (χ2n) is 5.04. The van der Waals surface area contributed by atoms with Crippen LogP contribution in [0.5, 0.6) is 0 Å². The minimum atomic E-state index is -0.100. The standard InChI is InChI=1S/C16H20N2O2/c19-11-2-1-5-14-12-17-10-8-15(14)16(20)18-9-3-4-13-6-7-13/h8,10,12-13,19H,2-4,6-7,9,11H2,(H,18,20). The van der Waals surface area contributed by atoms with Crippen LogP contribution in [0.3, 0.4) is 0 Å². The monoisotopic (exact) mass is 272 g/mol. The molecule has 0 bridgehead atoms. The summed E-state index contributed by atoms with van der Waals surface area (Å²) in [5, 5.41) is 11.6. The van der Waals surface area contributed by atoms with Crippen molar-refractivity contribution in [2.75, 3.05) is 13.2 Å². The van der Waals surface area contributed by atoms with Gasteiger partial charge in [-0.1, -0.05) is 24.7 Å². The van der Waals surface area contributed by atoms with Crippen LogP contribution < -0.4 is 5.32 Å². The molecular formula is C16H20N2O2. The summed E-state index contributed by atoms with van der Waals surface area (Å²) in [4.78, 5) is 16.1. The molecule has 0 radical (unpaired) electrons. The Morgan fingerprint density at radius 2 is 2.35 bits per heavy atom. The van der Waals surface area contributed by atoms with Gasteiger partial charge in [-0.05, 0) is 24.8 Å². The summed E-state index contributed by atoms with van der Waals surface area (Å²) in [6.07, 6.45) is 8.52.